The minimum Gasteiger partial charge on any atom is -0.449 e. The second-order valence-electron chi connectivity index (χ2n) is 16.3. The summed E-state index contributed by atoms with van der Waals surface area (Å²) in [7, 11) is 0. The Labute approximate surface area is 364 Å². The Morgan fingerprint density at radius 2 is 0.778 bits per heavy atom. The van der Waals surface area contributed by atoms with E-state index in [4.69, 9.17) is 24.4 Å². The number of aromatic nitrogens is 3. The van der Waals surface area contributed by atoms with E-state index in [-0.39, 0.29) is 0 Å². The number of para-hydroxylation sites is 2. The lowest BCUT2D eigenvalue weighted by Gasteiger charge is -2.31. The lowest BCUT2D eigenvalue weighted by atomic mass is 9.70. The molecule has 1 aliphatic heterocycles. The van der Waals surface area contributed by atoms with Crippen LogP contribution in [0.25, 0.3) is 78.7 Å². The van der Waals surface area contributed by atoms with E-state index in [2.05, 4.69) is 127 Å². The maximum absolute atomic E-state index is 6.84. The fourth-order valence-electron chi connectivity index (χ4n) is 10.0. The van der Waals surface area contributed by atoms with Crippen LogP contribution in [-0.2, 0) is 5.41 Å². The molecule has 9 aromatic carbocycles. The quantitative estimate of drug-likeness (QED) is 0.173. The van der Waals surface area contributed by atoms with Crippen molar-refractivity contribution in [2.24, 2.45) is 0 Å². The SMILES string of the molecule is c1ccc(-c2cc(-c3ccc4c(c3)C3(c5ccccc5-c5ccccc53)c3ccc5c(c3-4)Oc3ccccc3O5)cc(-c3nc(-c4ccccc4)nc(-c4ccccc4)n3)c2)cc1. The molecule has 5 nitrogen and oxygen atoms in total. The maximum atomic E-state index is 6.84. The van der Waals surface area contributed by atoms with E-state index in [0.29, 0.717) is 34.7 Å². The first-order valence-electron chi connectivity index (χ1n) is 21.3. The molecule has 0 N–H and O–H groups in total. The van der Waals surface area contributed by atoms with Gasteiger partial charge < -0.3 is 9.47 Å². The molecular formula is C58H35N3O2. The first-order valence-corrected chi connectivity index (χ1v) is 21.3. The average molecular weight is 806 g/mol. The van der Waals surface area contributed by atoms with Gasteiger partial charge in [0.15, 0.2) is 40.5 Å². The summed E-state index contributed by atoms with van der Waals surface area (Å²) in [5.41, 5.74) is 16.0. The molecule has 0 atom stereocenters. The zero-order valence-electron chi connectivity index (χ0n) is 33.9. The highest BCUT2D eigenvalue weighted by Crippen LogP contribution is 2.66. The normalized spacial score (nSPS) is 13.1. The molecule has 13 rings (SSSR count). The molecule has 10 aromatic rings. The first-order chi connectivity index (χ1) is 31.2. The third kappa shape index (κ3) is 5.40. The fraction of sp³-hybridized carbons (Fsp3) is 0.0172. The van der Waals surface area contributed by atoms with Crippen LogP contribution < -0.4 is 9.47 Å². The van der Waals surface area contributed by atoms with Crippen molar-refractivity contribution < 1.29 is 9.47 Å². The molecule has 0 saturated carbocycles. The summed E-state index contributed by atoms with van der Waals surface area (Å²) >= 11 is 0. The zero-order valence-corrected chi connectivity index (χ0v) is 33.9. The van der Waals surface area contributed by atoms with E-state index in [1.807, 2.05) is 84.9 Å². The summed E-state index contributed by atoms with van der Waals surface area (Å²) in [5.74, 6) is 4.72. The Bertz CT molecular complexity index is 3350. The van der Waals surface area contributed by atoms with Gasteiger partial charge in [-0.25, -0.2) is 15.0 Å². The minimum atomic E-state index is -0.605. The van der Waals surface area contributed by atoms with Gasteiger partial charge in [0.05, 0.1) is 5.41 Å². The molecule has 5 heteroatoms. The zero-order chi connectivity index (χ0) is 41.5. The summed E-state index contributed by atoms with van der Waals surface area (Å²) in [6.07, 6.45) is 0. The third-order valence-electron chi connectivity index (χ3n) is 12.8. The van der Waals surface area contributed by atoms with Crippen LogP contribution in [0, 0.1) is 0 Å². The number of fused-ring (bicyclic) bond motifs is 13. The summed E-state index contributed by atoms with van der Waals surface area (Å²) < 4.78 is 13.4. The number of ether oxygens (including phenoxy) is 2. The molecule has 0 amide bonds. The minimum absolute atomic E-state index is 0.605. The molecule has 2 aliphatic carbocycles. The van der Waals surface area contributed by atoms with Gasteiger partial charge in [-0.3, -0.25) is 0 Å². The van der Waals surface area contributed by atoms with Crippen molar-refractivity contribution in [1.82, 2.24) is 15.0 Å². The van der Waals surface area contributed by atoms with E-state index in [0.717, 1.165) is 55.8 Å². The molecule has 0 bridgehead atoms. The van der Waals surface area contributed by atoms with Crippen LogP contribution in [0.1, 0.15) is 22.3 Å². The number of rotatable bonds is 5. The molecule has 0 radical (unpaired) electrons. The van der Waals surface area contributed by atoms with Crippen LogP contribution in [0.15, 0.2) is 212 Å². The second-order valence-corrected chi connectivity index (χ2v) is 16.3. The highest BCUT2D eigenvalue weighted by atomic mass is 16.6. The number of hydrogen-bond acceptors (Lipinski definition) is 5. The molecule has 1 aromatic heterocycles. The largest absolute Gasteiger partial charge is 0.449 e. The van der Waals surface area contributed by atoms with Crippen molar-refractivity contribution in [1.29, 1.82) is 0 Å². The van der Waals surface area contributed by atoms with Crippen molar-refractivity contribution in [2.75, 3.05) is 0 Å². The molecule has 0 fully saturated rings. The van der Waals surface area contributed by atoms with Gasteiger partial charge in [-0.1, -0.05) is 170 Å². The maximum Gasteiger partial charge on any atom is 0.178 e. The monoisotopic (exact) mass is 805 g/mol. The van der Waals surface area contributed by atoms with Crippen LogP contribution >= 0.6 is 0 Å². The Balaban J connectivity index is 1.06. The van der Waals surface area contributed by atoms with Gasteiger partial charge in [0.2, 0.25) is 0 Å². The number of benzene rings is 9. The van der Waals surface area contributed by atoms with Crippen molar-refractivity contribution in [2.45, 2.75) is 5.41 Å². The van der Waals surface area contributed by atoms with Crippen LogP contribution in [0.3, 0.4) is 0 Å². The number of nitrogens with zero attached hydrogens (tertiary/aromatic N) is 3. The smallest absolute Gasteiger partial charge is 0.178 e. The summed E-state index contributed by atoms with van der Waals surface area (Å²) in [5, 5.41) is 0. The summed E-state index contributed by atoms with van der Waals surface area (Å²) in [6.45, 7) is 0. The van der Waals surface area contributed by atoms with Crippen molar-refractivity contribution >= 4 is 0 Å². The van der Waals surface area contributed by atoms with E-state index in [1.54, 1.807) is 0 Å². The molecule has 1 spiro atoms. The summed E-state index contributed by atoms with van der Waals surface area (Å²) in [6, 6.07) is 74.5. The van der Waals surface area contributed by atoms with Gasteiger partial charge in [0.1, 0.15) is 0 Å². The van der Waals surface area contributed by atoms with Crippen molar-refractivity contribution in [3.8, 4) is 102 Å². The highest BCUT2D eigenvalue weighted by Gasteiger charge is 2.53. The lowest BCUT2D eigenvalue weighted by Crippen LogP contribution is -2.26. The first kappa shape index (κ1) is 35.4. The molecule has 0 unspecified atom stereocenters. The predicted octanol–water partition coefficient (Wildman–Crippen LogP) is 14.4. The second kappa shape index (κ2) is 13.8. The topological polar surface area (TPSA) is 57.1 Å². The van der Waals surface area contributed by atoms with E-state index < -0.39 is 5.41 Å². The molecule has 0 saturated heterocycles. The van der Waals surface area contributed by atoms with Crippen LogP contribution in [-0.4, -0.2) is 15.0 Å². The van der Waals surface area contributed by atoms with Crippen LogP contribution in [0.5, 0.6) is 23.0 Å². The van der Waals surface area contributed by atoms with Gasteiger partial charge in [-0.05, 0) is 104 Å². The summed E-state index contributed by atoms with van der Waals surface area (Å²) in [4.78, 5) is 15.3. The van der Waals surface area contributed by atoms with Crippen molar-refractivity contribution in [3.63, 3.8) is 0 Å². The molecule has 2 heterocycles. The van der Waals surface area contributed by atoms with Gasteiger partial charge in [-0.2, -0.15) is 0 Å². The van der Waals surface area contributed by atoms with E-state index in [9.17, 15) is 0 Å². The average Bonchev–Trinajstić information content (AvgIpc) is 3.83. The Kier molecular flexibility index (Phi) is 7.75. The van der Waals surface area contributed by atoms with Gasteiger partial charge in [-0.15, -0.1) is 0 Å². The molecular weight excluding hydrogens is 771 g/mol. The Morgan fingerprint density at radius 3 is 1.40 bits per heavy atom. The Morgan fingerprint density at radius 1 is 0.286 bits per heavy atom. The lowest BCUT2D eigenvalue weighted by molar-refractivity contribution is 0.360. The molecule has 63 heavy (non-hydrogen) atoms. The predicted molar refractivity (Wildman–Crippen MR) is 250 cm³/mol. The molecule has 3 aliphatic rings. The highest BCUT2D eigenvalue weighted by molar-refractivity contribution is 5.99. The van der Waals surface area contributed by atoms with Gasteiger partial charge in [0, 0.05) is 22.3 Å². The van der Waals surface area contributed by atoms with Gasteiger partial charge >= 0.3 is 0 Å². The van der Waals surface area contributed by atoms with Crippen LogP contribution in [0.4, 0.5) is 0 Å². The fourth-order valence-corrected chi connectivity index (χ4v) is 10.0. The van der Waals surface area contributed by atoms with Crippen LogP contribution in [0.2, 0.25) is 0 Å². The number of hydrogen-bond donors (Lipinski definition) is 0. The van der Waals surface area contributed by atoms with E-state index >= 15 is 0 Å². The standard InChI is InChI=1S/C58H35N3O2/c1-4-16-36(17-5-1)40-32-41(34-42(33-40)57-60-55(37-18-6-2-7-19-37)59-56(61-57)38-20-8-3-9-21-38)39-28-29-45-49(35-39)58(46-24-12-10-22-43(46)44-23-11-13-25-47(44)58)48-30-31-52-54(53(45)48)63-51-27-15-14-26-50(51)62-52/h1-35H. The molecule has 294 valence electrons. The third-order valence-corrected chi connectivity index (χ3v) is 12.8. The Hall–Kier alpha value is -8.41. The van der Waals surface area contributed by atoms with E-state index in [1.165, 1.54) is 33.4 Å². The van der Waals surface area contributed by atoms with Crippen molar-refractivity contribution in [3.05, 3.63) is 235 Å². The van der Waals surface area contributed by atoms with Gasteiger partial charge in [0.25, 0.3) is 0 Å².